The molecule has 142 valence electrons. The first kappa shape index (κ1) is 16.6. The number of hydrogen-bond acceptors (Lipinski definition) is 5. The second kappa shape index (κ2) is 6.88. The zero-order valence-electron chi connectivity index (χ0n) is 15.3. The Morgan fingerprint density at radius 1 is 1.19 bits per heavy atom. The lowest BCUT2D eigenvalue weighted by atomic mass is 10.1. The molecule has 2 aromatic rings. The van der Waals surface area contributed by atoms with Crippen LogP contribution in [0.5, 0.6) is 11.5 Å². The summed E-state index contributed by atoms with van der Waals surface area (Å²) in [7, 11) is 0. The Bertz CT molecular complexity index is 850. The molecule has 5 rings (SSSR count). The van der Waals surface area contributed by atoms with E-state index in [1.54, 1.807) is 0 Å². The van der Waals surface area contributed by atoms with E-state index in [2.05, 4.69) is 32.9 Å². The number of amides is 1. The summed E-state index contributed by atoms with van der Waals surface area (Å²) in [4.78, 5) is 16.4. The summed E-state index contributed by atoms with van der Waals surface area (Å²) in [5.41, 5.74) is 2.46. The Kier molecular flexibility index (Phi) is 4.24. The molecule has 1 amide bonds. The highest BCUT2D eigenvalue weighted by Crippen LogP contribution is 2.33. The van der Waals surface area contributed by atoms with Crippen molar-refractivity contribution in [3.8, 4) is 11.5 Å². The van der Waals surface area contributed by atoms with E-state index in [1.807, 2.05) is 17.2 Å². The van der Waals surface area contributed by atoms with Crippen LogP contribution in [0.25, 0.3) is 0 Å². The minimum absolute atomic E-state index is 0.295. The van der Waals surface area contributed by atoms with Gasteiger partial charge in [-0.15, -0.1) is 0 Å². The molecule has 1 aromatic heterocycles. The maximum atomic E-state index is 11.9. The maximum absolute atomic E-state index is 11.9. The van der Waals surface area contributed by atoms with E-state index in [4.69, 9.17) is 9.47 Å². The molecule has 7 nitrogen and oxygen atoms in total. The normalized spacial score (nSPS) is 21.7. The Balaban J connectivity index is 1.28. The molecule has 7 heteroatoms. The topological polar surface area (TPSA) is 59.8 Å². The van der Waals surface area contributed by atoms with Gasteiger partial charge in [0.05, 0.1) is 11.7 Å². The minimum Gasteiger partial charge on any atom is -0.454 e. The number of likely N-dealkylation sites (tertiary alicyclic amines) is 1. The highest BCUT2D eigenvalue weighted by molar-refractivity contribution is 5.78. The van der Waals surface area contributed by atoms with Crippen molar-refractivity contribution in [1.82, 2.24) is 19.6 Å². The van der Waals surface area contributed by atoms with Gasteiger partial charge in [0.2, 0.25) is 12.7 Å². The molecule has 0 N–H and O–H groups in total. The third kappa shape index (κ3) is 3.27. The lowest BCUT2D eigenvalue weighted by Crippen LogP contribution is -2.39. The number of benzene rings is 1. The Labute approximate surface area is 158 Å². The van der Waals surface area contributed by atoms with E-state index >= 15 is 0 Å². The number of carbonyl (C=O) groups excluding carboxylic acids is 1. The largest absolute Gasteiger partial charge is 0.454 e. The number of aromatic nitrogens is 2. The van der Waals surface area contributed by atoms with Crippen LogP contribution >= 0.6 is 0 Å². The SMILES string of the molecule is O=C1CCCN1CC[C@@H]1CN(Cc2ccc3c(c2)OCO3)Cc2ccnn21. The van der Waals surface area contributed by atoms with Crippen molar-refractivity contribution >= 4 is 5.91 Å². The molecule has 27 heavy (non-hydrogen) atoms. The van der Waals surface area contributed by atoms with Crippen molar-refractivity contribution in [3.63, 3.8) is 0 Å². The van der Waals surface area contributed by atoms with Crippen LogP contribution in [0.15, 0.2) is 30.5 Å². The van der Waals surface area contributed by atoms with Gasteiger partial charge in [0, 0.05) is 45.3 Å². The second-order valence-electron chi connectivity index (χ2n) is 7.55. The van der Waals surface area contributed by atoms with Crippen LogP contribution in [0.1, 0.15) is 36.6 Å². The molecule has 0 bridgehead atoms. The van der Waals surface area contributed by atoms with Gasteiger partial charge in [0.25, 0.3) is 0 Å². The molecule has 0 aliphatic carbocycles. The van der Waals surface area contributed by atoms with Crippen LogP contribution < -0.4 is 9.47 Å². The molecule has 1 aromatic carbocycles. The lowest BCUT2D eigenvalue weighted by molar-refractivity contribution is -0.127. The molecule has 0 unspecified atom stereocenters. The Morgan fingerprint density at radius 2 is 2.11 bits per heavy atom. The Hall–Kier alpha value is -2.54. The van der Waals surface area contributed by atoms with Crippen molar-refractivity contribution in [2.75, 3.05) is 26.4 Å². The standard InChI is InChI=1S/C20H24N4O3/c25-20-2-1-8-23(20)9-6-17-13-22(12-16-5-7-21-24(16)17)11-15-3-4-18-19(10-15)27-14-26-18/h3-5,7,10,17H,1-2,6,8-9,11-14H2/t17-/m1/s1. The van der Waals surface area contributed by atoms with Gasteiger partial charge in [-0.25, -0.2) is 0 Å². The van der Waals surface area contributed by atoms with Crippen LogP contribution in [0.4, 0.5) is 0 Å². The zero-order chi connectivity index (χ0) is 18.2. The first-order valence-electron chi connectivity index (χ1n) is 9.67. The summed E-state index contributed by atoms with van der Waals surface area (Å²) < 4.78 is 13.1. The fourth-order valence-corrected chi connectivity index (χ4v) is 4.34. The highest BCUT2D eigenvalue weighted by atomic mass is 16.7. The number of fused-ring (bicyclic) bond motifs is 2. The number of carbonyl (C=O) groups is 1. The van der Waals surface area contributed by atoms with Gasteiger partial charge in [-0.3, -0.25) is 14.4 Å². The van der Waals surface area contributed by atoms with Gasteiger partial charge < -0.3 is 14.4 Å². The molecule has 1 atom stereocenters. The zero-order valence-corrected chi connectivity index (χ0v) is 15.3. The molecule has 0 saturated carbocycles. The third-order valence-electron chi connectivity index (χ3n) is 5.70. The van der Waals surface area contributed by atoms with Gasteiger partial charge in [-0.2, -0.15) is 5.10 Å². The van der Waals surface area contributed by atoms with E-state index in [0.29, 0.717) is 25.2 Å². The average molecular weight is 368 g/mol. The van der Waals surface area contributed by atoms with Crippen LogP contribution in [0, 0.1) is 0 Å². The van der Waals surface area contributed by atoms with Gasteiger partial charge in [0.15, 0.2) is 11.5 Å². The first-order valence-corrected chi connectivity index (χ1v) is 9.67. The third-order valence-corrected chi connectivity index (χ3v) is 5.70. The quantitative estimate of drug-likeness (QED) is 0.810. The highest BCUT2D eigenvalue weighted by Gasteiger charge is 2.28. The molecule has 1 fully saturated rings. The van der Waals surface area contributed by atoms with Crippen LogP contribution in [0.3, 0.4) is 0 Å². The summed E-state index contributed by atoms with van der Waals surface area (Å²) in [6.07, 6.45) is 4.52. The van der Waals surface area contributed by atoms with E-state index in [0.717, 1.165) is 57.1 Å². The summed E-state index contributed by atoms with van der Waals surface area (Å²) in [6.45, 7) is 4.71. The summed E-state index contributed by atoms with van der Waals surface area (Å²) in [5, 5.41) is 4.54. The number of hydrogen-bond donors (Lipinski definition) is 0. The van der Waals surface area contributed by atoms with Crippen LogP contribution in [-0.4, -0.2) is 51.9 Å². The second-order valence-corrected chi connectivity index (χ2v) is 7.55. The van der Waals surface area contributed by atoms with E-state index < -0.39 is 0 Å². The molecule has 0 spiro atoms. The van der Waals surface area contributed by atoms with Gasteiger partial charge >= 0.3 is 0 Å². The van der Waals surface area contributed by atoms with Gasteiger partial charge in [-0.1, -0.05) is 6.07 Å². The molecular formula is C20H24N4O3. The minimum atomic E-state index is 0.295. The monoisotopic (exact) mass is 368 g/mol. The fourth-order valence-electron chi connectivity index (χ4n) is 4.34. The fraction of sp³-hybridized carbons (Fsp3) is 0.500. The van der Waals surface area contributed by atoms with Crippen LogP contribution in [0.2, 0.25) is 0 Å². The number of rotatable bonds is 5. The lowest BCUT2D eigenvalue weighted by Gasteiger charge is -2.34. The van der Waals surface area contributed by atoms with Crippen molar-refractivity contribution in [2.45, 2.75) is 38.4 Å². The summed E-state index contributed by atoms with van der Waals surface area (Å²) >= 11 is 0. The van der Waals surface area contributed by atoms with Gasteiger partial charge in [-0.05, 0) is 36.6 Å². The molecule has 4 heterocycles. The first-order chi connectivity index (χ1) is 13.3. The Morgan fingerprint density at radius 3 is 3.00 bits per heavy atom. The average Bonchev–Trinajstić information content (AvgIpc) is 3.40. The van der Waals surface area contributed by atoms with E-state index in [9.17, 15) is 4.79 Å². The van der Waals surface area contributed by atoms with Crippen molar-refractivity contribution in [3.05, 3.63) is 41.7 Å². The number of ether oxygens (including phenoxy) is 2. The van der Waals surface area contributed by atoms with Crippen molar-refractivity contribution in [1.29, 1.82) is 0 Å². The molecule has 0 radical (unpaired) electrons. The molecular weight excluding hydrogens is 344 g/mol. The van der Waals surface area contributed by atoms with E-state index in [-0.39, 0.29) is 0 Å². The number of nitrogens with zero attached hydrogens (tertiary/aromatic N) is 4. The van der Waals surface area contributed by atoms with Crippen molar-refractivity contribution < 1.29 is 14.3 Å². The van der Waals surface area contributed by atoms with E-state index in [1.165, 1.54) is 11.3 Å². The summed E-state index contributed by atoms with van der Waals surface area (Å²) in [6, 6.07) is 8.57. The summed E-state index contributed by atoms with van der Waals surface area (Å²) in [5.74, 6) is 1.95. The predicted molar refractivity (Wildman–Crippen MR) is 98.4 cm³/mol. The smallest absolute Gasteiger partial charge is 0.231 e. The molecule has 1 saturated heterocycles. The molecule has 3 aliphatic rings. The maximum Gasteiger partial charge on any atom is 0.231 e. The van der Waals surface area contributed by atoms with Crippen molar-refractivity contribution in [2.24, 2.45) is 0 Å². The van der Waals surface area contributed by atoms with Crippen LogP contribution in [-0.2, 0) is 17.9 Å². The van der Waals surface area contributed by atoms with Gasteiger partial charge in [0.1, 0.15) is 0 Å². The molecule has 3 aliphatic heterocycles. The predicted octanol–water partition coefficient (Wildman–Crippen LogP) is 2.18.